The number of hydrogen-bond acceptors (Lipinski definition) is 5. The summed E-state index contributed by atoms with van der Waals surface area (Å²) in [7, 11) is 0. The van der Waals surface area contributed by atoms with Crippen LogP contribution in [0.3, 0.4) is 0 Å². The van der Waals surface area contributed by atoms with Crippen molar-refractivity contribution in [2.45, 2.75) is 19.9 Å². The molecule has 0 radical (unpaired) electrons. The average Bonchev–Trinajstić information content (AvgIpc) is 3.04. The smallest absolute Gasteiger partial charge is 0.295 e. The van der Waals surface area contributed by atoms with Gasteiger partial charge in [0.15, 0.2) is 0 Å². The third kappa shape index (κ3) is 4.44. The van der Waals surface area contributed by atoms with E-state index in [1.807, 2.05) is 13.8 Å². The van der Waals surface area contributed by atoms with Gasteiger partial charge in [0, 0.05) is 12.1 Å². The first-order chi connectivity index (χ1) is 15.4. The lowest BCUT2D eigenvalue weighted by Crippen LogP contribution is -2.29. The van der Waals surface area contributed by atoms with Crippen LogP contribution < -0.4 is 9.47 Å². The van der Waals surface area contributed by atoms with Crippen molar-refractivity contribution < 1.29 is 24.2 Å². The lowest BCUT2D eigenvalue weighted by molar-refractivity contribution is -0.139. The number of aliphatic hydroxyl groups excluding tert-OH is 1. The summed E-state index contributed by atoms with van der Waals surface area (Å²) in [5.74, 6) is -0.295. The molecule has 166 valence electrons. The van der Waals surface area contributed by atoms with Gasteiger partial charge in [-0.05, 0) is 55.3 Å². The molecule has 0 aromatic heterocycles. The molecule has 0 aliphatic carbocycles. The molecule has 1 aliphatic heterocycles. The van der Waals surface area contributed by atoms with Crippen LogP contribution in [0.25, 0.3) is 5.76 Å². The summed E-state index contributed by atoms with van der Waals surface area (Å²) in [6.45, 7) is 12.1. The van der Waals surface area contributed by atoms with E-state index in [1.54, 1.807) is 54.6 Å². The minimum Gasteiger partial charge on any atom is -0.507 e. The molecule has 0 unspecified atom stereocenters. The molecule has 1 aliphatic rings. The van der Waals surface area contributed by atoms with Crippen LogP contribution in [0.5, 0.6) is 11.5 Å². The van der Waals surface area contributed by atoms with Gasteiger partial charge in [0.25, 0.3) is 11.7 Å². The number of likely N-dealkylation sites (tertiary alicyclic amines) is 1. The van der Waals surface area contributed by atoms with Gasteiger partial charge in [0.1, 0.15) is 23.9 Å². The maximum Gasteiger partial charge on any atom is 0.295 e. The van der Waals surface area contributed by atoms with Gasteiger partial charge in [-0.15, -0.1) is 6.58 Å². The third-order valence-corrected chi connectivity index (χ3v) is 5.18. The van der Waals surface area contributed by atoms with Crippen LogP contribution in [0.2, 0.25) is 0 Å². The van der Waals surface area contributed by atoms with E-state index in [0.717, 1.165) is 5.56 Å². The van der Waals surface area contributed by atoms with Crippen molar-refractivity contribution in [3.63, 3.8) is 0 Å². The number of hydrogen-bond donors (Lipinski definition) is 1. The fourth-order valence-corrected chi connectivity index (χ4v) is 3.73. The van der Waals surface area contributed by atoms with Crippen LogP contribution in [0.1, 0.15) is 29.7 Å². The van der Waals surface area contributed by atoms with Gasteiger partial charge in [0.05, 0.1) is 18.2 Å². The summed E-state index contributed by atoms with van der Waals surface area (Å²) in [5, 5.41) is 11.1. The monoisotopic (exact) mass is 433 g/mol. The number of carbonyl (C=O) groups is 2. The first kappa shape index (κ1) is 22.9. The Morgan fingerprint density at radius 3 is 2.41 bits per heavy atom. The fraction of sp³-hybridized carbons (Fsp3) is 0.231. The van der Waals surface area contributed by atoms with Gasteiger partial charge in [-0.2, -0.15) is 0 Å². The van der Waals surface area contributed by atoms with Gasteiger partial charge in [-0.1, -0.05) is 30.9 Å². The van der Waals surface area contributed by atoms with Crippen molar-refractivity contribution in [1.82, 2.24) is 4.90 Å². The van der Waals surface area contributed by atoms with Crippen molar-refractivity contribution in [2.24, 2.45) is 0 Å². The Morgan fingerprint density at radius 1 is 1.09 bits per heavy atom. The Bertz CT molecular complexity index is 1070. The highest BCUT2D eigenvalue weighted by molar-refractivity contribution is 6.46. The molecule has 3 rings (SSSR count). The number of ether oxygens (including phenoxy) is 2. The van der Waals surface area contributed by atoms with Crippen LogP contribution in [0, 0.1) is 6.92 Å². The number of carbonyl (C=O) groups excluding carboxylic acids is 2. The number of benzene rings is 2. The number of Topliss-reactive ketones (excluding diaryl/α,β-unsaturated/α-hetero) is 1. The molecule has 2 aromatic carbocycles. The average molecular weight is 434 g/mol. The van der Waals surface area contributed by atoms with E-state index in [9.17, 15) is 14.7 Å². The lowest BCUT2D eigenvalue weighted by Gasteiger charge is -2.24. The Morgan fingerprint density at radius 2 is 1.81 bits per heavy atom. The Balaban J connectivity index is 2.09. The highest BCUT2D eigenvalue weighted by Gasteiger charge is 2.45. The highest BCUT2D eigenvalue weighted by Crippen LogP contribution is 2.40. The van der Waals surface area contributed by atoms with Crippen LogP contribution in [-0.2, 0) is 9.59 Å². The molecule has 1 heterocycles. The van der Waals surface area contributed by atoms with E-state index in [1.165, 1.54) is 4.90 Å². The van der Waals surface area contributed by atoms with Crippen LogP contribution >= 0.6 is 0 Å². The lowest BCUT2D eigenvalue weighted by atomic mass is 9.94. The topological polar surface area (TPSA) is 76.1 Å². The molecular formula is C26H27NO5. The van der Waals surface area contributed by atoms with Crippen molar-refractivity contribution in [1.29, 1.82) is 0 Å². The Kier molecular flexibility index (Phi) is 7.15. The molecule has 1 N–H and O–H groups in total. The molecule has 2 aromatic rings. The van der Waals surface area contributed by atoms with Crippen LogP contribution in [0.4, 0.5) is 0 Å². The second kappa shape index (κ2) is 10.0. The highest BCUT2D eigenvalue weighted by atomic mass is 16.5. The number of amides is 1. The van der Waals surface area contributed by atoms with E-state index < -0.39 is 17.7 Å². The largest absolute Gasteiger partial charge is 0.507 e. The van der Waals surface area contributed by atoms with Gasteiger partial charge in [-0.25, -0.2) is 0 Å². The van der Waals surface area contributed by atoms with Crippen molar-refractivity contribution in [3.05, 3.63) is 90.0 Å². The zero-order valence-corrected chi connectivity index (χ0v) is 18.3. The zero-order valence-electron chi connectivity index (χ0n) is 18.3. The van der Waals surface area contributed by atoms with Crippen molar-refractivity contribution in [2.75, 3.05) is 19.8 Å². The predicted molar refractivity (Wildman–Crippen MR) is 124 cm³/mol. The van der Waals surface area contributed by atoms with Crippen molar-refractivity contribution >= 4 is 17.4 Å². The molecule has 1 fully saturated rings. The number of nitrogens with zero attached hydrogens (tertiary/aromatic N) is 1. The second-order valence-electron chi connectivity index (χ2n) is 7.32. The Hall–Kier alpha value is -3.80. The minimum absolute atomic E-state index is 0.0418. The molecule has 1 saturated heterocycles. The zero-order chi connectivity index (χ0) is 23.3. The quantitative estimate of drug-likeness (QED) is 0.271. The van der Waals surface area contributed by atoms with E-state index >= 15 is 0 Å². The maximum absolute atomic E-state index is 12.9. The minimum atomic E-state index is -0.742. The molecule has 0 saturated carbocycles. The predicted octanol–water partition coefficient (Wildman–Crippen LogP) is 4.57. The third-order valence-electron chi connectivity index (χ3n) is 5.18. The van der Waals surface area contributed by atoms with Crippen LogP contribution in [-0.4, -0.2) is 41.5 Å². The standard InChI is InChI=1S/C26H27NO5/c1-5-14-27-23(18-8-11-20(12-9-18)32-15-6-2)22(25(29)26(27)30)24(28)19-10-13-21(31-7-3)17(4)16-19/h5-6,8-13,16,23,28H,1-2,7,14-15H2,3-4H3/t23-/m1/s1. The second-order valence-corrected chi connectivity index (χ2v) is 7.32. The van der Waals surface area contributed by atoms with Crippen molar-refractivity contribution in [3.8, 4) is 11.5 Å². The molecule has 1 atom stereocenters. The molecule has 0 bridgehead atoms. The maximum atomic E-state index is 12.9. The molecular weight excluding hydrogens is 406 g/mol. The summed E-state index contributed by atoms with van der Waals surface area (Å²) < 4.78 is 11.1. The Labute approximate surface area is 188 Å². The summed E-state index contributed by atoms with van der Waals surface area (Å²) in [6, 6.07) is 11.5. The number of rotatable bonds is 9. The van der Waals surface area contributed by atoms with Gasteiger partial charge in [0.2, 0.25) is 0 Å². The number of aryl methyl sites for hydroxylation is 1. The van der Waals surface area contributed by atoms with E-state index in [2.05, 4.69) is 13.2 Å². The first-order valence-corrected chi connectivity index (χ1v) is 10.4. The summed E-state index contributed by atoms with van der Waals surface area (Å²) >= 11 is 0. The molecule has 0 spiro atoms. The SMILES string of the molecule is C=CCOc1ccc([C@@H]2C(=C(O)c3ccc(OCC)c(C)c3)C(=O)C(=O)N2CC=C)cc1. The number of ketones is 1. The molecule has 6 nitrogen and oxygen atoms in total. The van der Waals surface area contributed by atoms with E-state index in [4.69, 9.17) is 9.47 Å². The summed E-state index contributed by atoms with van der Waals surface area (Å²) in [4.78, 5) is 27.1. The van der Waals surface area contributed by atoms with E-state index in [0.29, 0.717) is 35.8 Å². The van der Waals surface area contributed by atoms with Gasteiger partial charge >= 0.3 is 0 Å². The van der Waals surface area contributed by atoms with Gasteiger partial charge < -0.3 is 19.5 Å². The fourth-order valence-electron chi connectivity index (χ4n) is 3.73. The van der Waals surface area contributed by atoms with Crippen LogP contribution in [0.15, 0.2) is 73.3 Å². The van der Waals surface area contributed by atoms with Gasteiger partial charge in [-0.3, -0.25) is 9.59 Å². The van der Waals surface area contributed by atoms with E-state index in [-0.39, 0.29) is 17.9 Å². The summed E-state index contributed by atoms with van der Waals surface area (Å²) in [6.07, 6.45) is 3.20. The molecule has 6 heteroatoms. The molecule has 1 amide bonds. The number of aliphatic hydroxyl groups is 1. The first-order valence-electron chi connectivity index (χ1n) is 10.4. The normalized spacial score (nSPS) is 17.3. The summed E-state index contributed by atoms with van der Waals surface area (Å²) in [5.41, 5.74) is 1.98. The molecule has 32 heavy (non-hydrogen) atoms.